The molecule has 1 atom stereocenters. The summed E-state index contributed by atoms with van der Waals surface area (Å²) < 4.78 is 5.61. The van der Waals surface area contributed by atoms with Crippen molar-refractivity contribution in [3.05, 3.63) is 0 Å². The third kappa shape index (κ3) is 3.96. The van der Waals surface area contributed by atoms with E-state index in [1.54, 1.807) is 0 Å². The molecule has 0 aliphatic heterocycles. The zero-order valence-corrected chi connectivity index (χ0v) is 12.8. The third-order valence-electron chi connectivity index (χ3n) is 4.11. The molecule has 1 aliphatic rings. The minimum absolute atomic E-state index is 0.184. The lowest BCUT2D eigenvalue weighted by atomic mass is 9.66. The molecular weight excluding hydrogens is 248 g/mol. The van der Waals surface area contributed by atoms with Crippen molar-refractivity contribution in [1.29, 1.82) is 0 Å². The first-order valence-corrected chi connectivity index (χ1v) is 7.68. The van der Waals surface area contributed by atoms with Crippen molar-refractivity contribution in [3.8, 4) is 0 Å². The van der Waals surface area contributed by atoms with Gasteiger partial charge >= 0.3 is 0 Å². The Morgan fingerprint density at radius 2 is 1.94 bits per heavy atom. The molecule has 3 heteroatoms. The van der Waals surface area contributed by atoms with Crippen LogP contribution in [0, 0.1) is 17.3 Å². The van der Waals surface area contributed by atoms with Gasteiger partial charge in [-0.05, 0) is 49.6 Å². The zero-order chi connectivity index (χ0) is 13.6. The molecule has 0 heterocycles. The van der Waals surface area contributed by atoms with Crippen molar-refractivity contribution in [2.45, 2.75) is 59.3 Å². The molecule has 0 aromatic carbocycles. The van der Waals surface area contributed by atoms with E-state index in [0.29, 0.717) is 25.0 Å². The maximum atomic E-state index is 12.1. The molecule has 18 heavy (non-hydrogen) atoms. The molecule has 0 radical (unpaired) electrons. The van der Waals surface area contributed by atoms with E-state index < -0.39 is 5.41 Å². The highest BCUT2D eigenvalue weighted by Gasteiger charge is 2.45. The van der Waals surface area contributed by atoms with Crippen molar-refractivity contribution < 1.29 is 9.53 Å². The van der Waals surface area contributed by atoms with Crippen LogP contribution < -0.4 is 0 Å². The highest BCUT2D eigenvalue weighted by molar-refractivity contribution is 6.64. The van der Waals surface area contributed by atoms with Gasteiger partial charge in [-0.25, -0.2) is 0 Å². The molecule has 0 amide bonds. The van der Waals surface area contributed by atoms with Crippen LogP contribution in [-0.4, -0.2) is 18.5 Å². The number of carbonyl (C=O) groups excluding carboxylic acids is 1. The smallest absolute Gasteiger partial charge is 0.230 e. The second-order valence-corrected chi connectivity index (χ2v) is 6.34. The van der Waals surface area contributed by atoms with E-state index in [2.05, 4.69) is 13.8 Å². The highest BCUT2D eigenvalue weighted by Crippen LogP contribution is 2.44. The molecule has 1 rings (SSSR count). The van der Waals surface area contributed by atoms with Gasteiger partial charge in [-0.15, -0.1) is 0 Å². The number of ether oxygens (including phenoxy) is 1. The molecule has 1 aliphatic carbocycles. The lowest BCUT2D eigenvalue weighted by Gasteiger charge is -2.40. The second-order valence-electron chi connectivity index (χ2n) is 6.00. The van der Waals surface area contributed by atoms with Crippen molar-refractivity contribution in [2.75, 3.05) is 13.2 Å². The van der Waals surface area contributed by atoms with E-state index in [9.17, 15) is 4.79 Å². The lowest BCUT2D eigenvalue weighted by Crippen LogP contribution is -2.43. The predicted molar refractivity (Wildman–Crippen MR) is 75.8 cm³/mol. The minimum Gasteiger partial charge on any atom is -0.381 e. The van der Waals surface area contributed by atoms with E-state index in [4.69, 9.17) is 16.3 Å². The summed E-state index contributed by atoms with van der Waals surface area (Å²) >= 11 is 5.99. The molecule has 1 fully saturated rings. The van der Waals surface area contributed by atoms with Crippen molar-refractivity contribution in [2.24, 2.45) is 17.3 Å². The first-order chi connectivity index (χ1) is 8.53. The van der Waals surface area contributed by atoms with Gasteiger partial charge in [0, 0.05) is 6.61 Å². The Morgan fingerprint density at radius 3 is 2.39 bits per heavy atom. The normalized spacial score (nSPS) is 20.9. The number of hydrogen-bond acceptors (Lipinski definition) is 2. The Morgan fingerprint density at radius 1 is 1.33 bits per heavy atom. The fourth-order valence-electron chi connectivity index (χ4n) is 3.31. The van der Waals surface area contributed by atoms with E-state index in [-0.39, 0.29) is 5.24 Å². The van der Waals surface area contributed by atoms with Crippen LogP contribution >= 0.6 is 11.6 Å². The SMILES string of the molecule is CCOCC(CC(C)C)(C(=O)Cl)C1CCCCC1. The standard InChI is InChI=1S/C15H27ClO2/c1-4-18-11-15(14(16)17,10-12(2)3)13-8-6-5-7-9-13/h12-13H,4-11H2,1-3H3. The maximum Gasteiger partial charge on any atom is 0.230 e. The van der Waals surface area contributed by atoms with Crippen molar-refractivity contribution in [3.63, 3.8) is 0 Å². The number of rotatable bonds is 7. The first-order valence-electron chi connectivity index (χ1n) is 7.30. The van der Waals surface area contributed by atoms with E-state index >= 15 is 0 Å². The molecule has 0 N–H and O–H groups in total. The largest absolute Gasteiger partial charge is 0.381 e. The van der Waals surface area contributed by atoms with Gasteiger partial charge in [-0.2, -0.15) is 0 Å². The highest BCUT2D eigenvalue weighted by atomic mass is 35.5. The summed E-state index contributed by atoms with van der Waals surface area (Å²) in [7, 11) is 0. The Bertz CT molecular complexity index is 259. The lowest BCUT2D eigenvalue weighted by molar-refractivity contribution is -0.131. The first kappa shape index (κ1) is 16.0. The molecule has 0 aromatic rings. The predicted octanol–water partition coefficient (Wildman–Crippen LogP) is 4.40. The Labute approximate surface area is 116 Å². The van der Waals surface area contributed by atoms with Crippen LogP contribution in [0.1, 0.15) is 59.3 Å². The molecule has 1 unspecified atom stereocenters. The van der Waals surface area contributed by atoms with Gasteiger partial charge < -0.3 is 4.74 Å². The summed E-state index contributed by atoms with van der Waals surface area (Å²) in [6.45, 7) is 7.43. The molecular formula is C15H27ClO2. The Kier molecular flexibility index (Phi) is 6.65. The summed E-state index contributed by atoms with van der Waals surface area (Å²) in [5.74, 6) is 0.875. The van der Waals surface area contributed by atoms with E-state index in [0.717, 1.165) is 19.3 Å². The van der Waals surface area contributed by atoms with Gasteiger partial charge in [0.25, 0.3) is 0 Å². The van der Waals surface area contributed by atoms with E-state index in [1.165, 1.54) is 19.3 Å². The van der Waals surface area contributed by atoms with Crippen LogP contribution in [0.2, 0.25) is 0 Å². The van der Waals surface area contributed by atoms with Gasteiger partial charge in [0.05, 0.1) is 12.0 Å². The van der Waals surface area contributed by atoms with Crippen molar-refractivity contribution in [1.82, 2.24) is 0 Å². The Hall–Kier alpha value is -0.0800. The second kappa shape index (κ2) is 7.49. The zero-order valence-electron chi connectivity index (χ0n) is 12.0. The third-order valence-corrected chi connectivity index (χ3v) is 4.49. The van der Waals surface area contributed by atoms with Crippen LogP contribution in [-0.2, 0) is 9.53 Å². The van der Waals surface area contributed by atoms with Crippen LogP contribution in [0.4, 0.5) is 0 Å². The van der Waals surface area contributed by atoms with Gasteiger partial charge in [-0.1, -0.05) is 33.1 Å². The summed E-state index contributed by atoms with van der Waals surface area (Å²) in [5.41, 5.74) is -0.452. The number of hydrogen-bond donors (Lipinski definition) is 0. The molecule has 1 saturated carbocycles. The minimum atomic E-state index is -0.452. The topological polar surface area (TPSA) is 26.3 Å². The van der Waals surface area contributed by atoms with Crippen molar-refractivity contribution >= 4 is 16.8 Å². The summed E-state index contributed by atoms with van der Waals surface area (Å²) in [6.07, 6.45) is 6.83. The quantitative estimate of drug-likeness (QED) is 0.643. The van der Waals surface area contributed by atoms with Crippen LogP contribution in [0.5, 0.6) is 0 Å². The monoisotopic (exact) mass is 274 g/mol. The van der Waals surface area contributed by atoms with Gasteiger partial charge in [0.2, 0.25) is 5.24 Å². The average molecular weight is 275 g/mol. The molecule has 2 nitrogen and oxygen atoms in total. The average Bonchev–Trinajstić information content (AvgIpc) is 2.34. The van der Waals surface area contributed by atoms with Gasteiger partial charge in [0.1, 0.15) is 0 Å². The number of halogens is 1. The molecule has 0 bridgehead atoms. The Balaban J connectivity index is 2.89. The fourth-order valence-corrected chi connectivity index (χ4v) is 3.59. The maximum absolute atomic E-state index is 12.1. The fraction of sp³-hybridized carbons (Fsp3) is 0.933. The summed E-state index contributed by atoms with van der Waals surface area (Å²) in [4.78, 5) is 12.1. The summed E-state index contributed by atoms with van der Waals surface area (Å²) in [6, 6.07) is 0. The number of carbonyl (C=O) groups is 1. The van der Waals surface area contributed by atoms with Gasteiger partial charge in [-0.3, -0.25) is 4.79 Å². The molecule has 0 saturated heterocycles. The summed E-state index contributed by atoms with van der Waals surface area (Å²) in [5, 5.41) is -0.184. The van der Waals surface area contributed by atoms with Crippen LogP contribution in [0.15, 0.2) is 0 Å². The molecule has 0 aromatic heterocycles. The van der Waals surface area contributed by atoms with Crippen LogP contribution in [0.3, 0.4) is 0 Å². The van der Waals surface area contributed by atoms with Gasteiger partial charge in [0.15, 0.2) is 0 Å². The van der Waals surface area contributed by atoms with E-state index in [1.807, 2.05) is 6.92 Å². The van der Waals surface area contributed by atoms with Crippen LogP contribution in [0.25, 0.3) is 0 Å². The molecule has 0 spiro atoms. The molecule has 106 valence electrons.